The molecule has 0 amide bonds. The topological polar surface area (TPSA) is 35.5 Å². The van der Waals surface area contributed by atoms with Gasteiger partial charge in [-0.2, -0.15) is 0 Å². The van der Waals surface area contributed by atoms with Gasteiger partial charge in [0.05, 0.1) is 12.2 Å². The average Bonchev–Trinajstić information content (AvgIpc) is 2.30. The lowest BCUT2D eigenvalue weighted by Gasteiger charge is -2.10. The number of carbonyl (C=O) groups is 1. The van der Waals surface area contributed by atoms with E-state index in [0.717, 1.165) is 5.56 Å². The SMILES string of the molecule is C#CCC(C)OC(=O)c1ccc(COC)cc1. The van der Waals surface area contributed by atoms with Crippen molar-refractivity contribution in [3.63, 3.8) is 0 Å². The summed E-state index contributed by atoms with van der Waals surface area (Å²) in [4.78, 5) is 11.7. The molecule has 0 aliphatic heterocycles. The minimum Gasteiger partial charge on any atom is -0.458 e. The van der Waals surface area contributed by atoms with E-state index in [1.165, 1.54) is 0 Å². The Morgan fingerprint density at radius 3 is 2.59 bits per heavy atom. The smallest absolute Gasteiger partial charge is 0.338 e. The van der Waals surface area contributed by atoms with Crippen LogP contribution in [-0.2, 0) is 16.1 Å². The second-order valence-corrected chi connectivity index (χ2v) is 3.75. The molecule has 0 aromatic heterocycles. The summed E-state index contributed by atoms with van der Waals surface area (Å²) in [6, 6.07) is 7.12. The van der Waals surface area contributed by atoms with Gasteiger partial charge in [0.15, 0.2) is 0 Å². The molecule has 0 bridgehead atoms. The molecule has 0 fully saturated rings. The molecule has 1 unspecified atom stereocenters. The van der Waals surface area contributed by atoms with Crippen LogP contribution in [0.15, 0.2) is 24.3 Å². The quantitative estimate of drug-likeness (QED) is 0.577. The average molecular weight is 232 g/mol. The van der Waals surface area contributed by atoms with Crippen LogP contribution in [0.3, 0.4) is 0 Å². The molecule has 1 aromatic carbocycles. The summed E-state index contributed by atoms with van der Waals surface area (Å²) in [5, 5.41) is 0. The Labute approximate surface area is 102 Å². The first kappa shape index (κ1) is 13.3. The third kappa shape index (κ3) is 4.29. The number of carbonyl (C=O) groups excluding carboxylic acids is 1. The van der Waals surface area contributed by atoms with Crippen LogP contribution >= 0.6 is 0 Å². The van der Waals surface area contributed by atoms with Gasteiger partial charge in [0, 0.05) is 13.5 Å². The van der Waals surface area contributed by atoms with E-state index in [2.05, 4.69) is 5.92 Å². The standard InChI is InChI=1S/C14H16O3/c1-4-5-11(2)17-14(15)13-8-6-12(7-9-13)10-16-3/h1,6-9,11H,5,10H2,2-3H3. The van der Waals surface area contributed by atoms with Gasteiger partial charge in [-0.15, -0.1) is 12.3 Å². The van der Waals surface area contributed by atoms with Gasteiger partial charge >= 0.3 is 5.97 Å². The number of ether oxygens (including phenoxy) is 2. The molecule has 0 saturated heterocycles. The summed E-state index contributed by atoms with van der Waals surface area (Å²) in [6.07, 6.45) is 5.31. The first-order valence-electron chi connectivity index (χ1n) is 5.39. The molecule has 0 heterocycles. The molecule has 1 rings (SSSR count). The molecule has 0 N–H and O–H groups in total. The molecule has 17 heavy (non-hydrogen) atoms. The molecule has 90 valence electrons. The van der Waals surface area contributed by atoms with E-state index in [-0.39, 0.29) is 12.1 Å². The second-order valence-electron chi connectivity index (χ2n) is 3.75. The normalized spacial score (nSPS) is 11.6. The lowest BCUT2D eigenvalue weighted by molar-refractivity contribution is 0.0352. The monoisotopic (exact) mass is 232 g/mol. The van der Waals surface area contributed by atoms with Gasteiger partial charge < -0.3 is 9.47 Å². The number of methoxy groups -OCH3 is 1. The van der Waals surface area contributed by atoms with Crippen molar-refractivity contribution in [1.82, 2.24) is 0 Å². The van der Waals surface area contributed by atoms with E-state index < -0.39 is 0 Å². The Balaban J connectivity index is 2.61. The first-order valence-corrected chi connectivity index (χ1v) is 5.39. The summed E-state index contributed by atoms with van der Waals surface area (Å²) in [5.41, 5.74) is 1.54. The second kappa shape index (κ2) is 6.72. The van der Waals surface area contributed by atoms with Crippen molar-refractivity contribution in [2.45, 2.75) is 26.1 Å². The van der Waals surface area contributed by atoms with Crippen molar-refractivity contribution >= 4 is 5.97 Å². The van der Waals surface area contributed by atoms with Gasteiger partial charge in [0.25, 0.3) is 0 Å². The molecule has 0 spiro atoms. The Kier molecular flexibility index (Phi) is 5.25. The van der Waals surface area contributed by atoms with Crippen molar-refractivity contribution in [3.8, 4) is 12.3 Å². The van der Waals surface area contributed by atoms with Crippen LogP contribution in [-0.4, -0.2) is 19.2 Å². The van der Waals surface area contributed by atoms with E-state index in [0.29, 0.717) is 18.6 Å². The summed E-state index contributed by atoms with van der Waals surface area (Å²) in [7, 11) is 1.63. The van der Waals surface area contributed by atoms with Crippen molar-refractivity contribution in [2.75, 3.05) is 7.11 Å². The van der Waals surface area contributed by atoms with Gasteiger partial charge in [-0.05, 0) is 24.6 Å². The number of terminal acetylenes is 1. The Morgan fingerprint density at radius 2 is 2.06 bits per heavy atom. The Bertz CT molecular complexity index is 400. The lowest BCUT2D eigenvalue weighted by Crippen LogP contribution is -2.14. The lowest BCUT2D eigenvalue weighted by atomic mass is 10.1. The summed E-state index contributed by atoms with van der Waals surface area (Å²) >= 11 is 0. The number of rotatable bonds is 5. The third-order valence-electron chi connectivity index (χ3n) is 2.21. The summed E-state index contributed by atoms with van der Waals surface area (Å²) < 4.78 is 10.2. The highest BCUT2D eigenvalue weighted by Crippen LogP contribution is 2.09. The summed E-state index contributed by atoms with van der Waals surface area (Å²) in [5.74, 6) is 2.11. The van der Waals surface area contributed by atoms with Crippen molar-refractivity contribution in [3.05, 3.63) is 35.4 Å². The van der Waals surface area contributed by atoms with Gasteiger partial charge in [0.1, 0.15) is 6.10 Å². The zero-order valence-electron chi connectivity index (χ0n) is 10.1. The predicted octanol–water partition coefficient (Wildman–Crippen LogP) is 2.40. The van der Waals surface area contributed by atoms with Crippen molar-refractivity contribution < 1.29 is 14.3 Å². The maximum Gasteiger partial charge on any atom is 0.338 e. The van der Waals surface area contributed by atoms with Gasteiger partial charge in [-0.25, -0.2) is 4.79 Å². The van der Waals surface area contributed by atoms with E-state index in [4.69, 9.17) is 15.9 Å². The molecule has 1 atom stereocenters. The van der Waals surface area contributed by atoms with Crippen LogP contribution in [0.1, 0.15) is 29.3 Å². The molecule has 0 aliphatic rings. The van der Waals surface area contributed by atoms with Crippen molar-refractivity contribution in [1.29, 1.82) is 0 Å². The largest absolute Gasteiger partial charge is 0.458 e. The molecule has 0 saturated carbocycles. The minimum atomic E-state index is -0.350. The number of benzene rings is 1. The minimum absolute atomic E-state index is 0.258. The molecular weight excluding hydrogens is 216 g/mol. The van der Waals surface area contributed by atoms with Crippen LogP contribution in [0.25, 0.3) is 0 Å². The van der Waals surface area contributed by atoms with Gasteiger partial charge in [0.2, 0.25) is 0 Å². The predicted molar refractivity (Wildman–Crippen MR) is 65.5 cm³/mol. The maximum absolute atomic E-state index is 11.7. The molecule has 1 aromatic rings. The fourth-order valence-corrected chi connectivity index (χ4v) is 1.36. The molecule has 3 nitrogen and oxygen atoms in total. The molecule has 0 aliphatic carbocycles. The summed E-state index contributed by atoms with van der Waals surface area (Å²) in [6.45, 7) is 2.31. The van der Waals surface area contributed by atoms with Crippen LogP contribution in [0.4, 0.5) is 0 Å². The van der Waals surface area contributed by atoms with Crippen LogP contribution < -0.4 is 0 Å². The van der Waals surface area contributed by atoms with E-state index >= 15 is 0 Å². The van der Waals surface area contributed by atoms with Crippen LogP contribution in [0.5, 0.6) is 0 Å². The molecule has 3 heteroatoms. The zero-order chi connectivity index (χ0) is 12.7. The number of hydrogen-bond donors (Lipinski definition) is 0. The Morgan fingerprint density at radius 1 is 1.41 bits per heavy atom. The fourth-order valence-electron chi connectivity index (χ4n) is 1.36. The number of hydrogen-bond acceptors (Lipinski definition) is 3. The fraction of sp³-hybridized carbons (Fsp3) is 0.357. The van der Waals surface area contributed by atoms with E-state index in [1.54, 1.807) is 26.2 Å². The highest BCUT2D eigenvalue weighted by atomic mass is 16.5. The van der Waals surface area contributed by atoms with Crippen molar-refractivity contribution in [2.24, 2.45) is 0 Å². The number of esters is 1. The highest BCUT2D eigenvalue weighted by molar-refractivity contribution is 5.89. The first-order chi connectivity index (χ1) is 8.17. The van der Waals surface area contributed by atoms with E-state index in [1.807, 2.05) is 12.1 Å². The van der Waals surface area contributed by atoms with Gasteiger partial charge in [-0.1, -0.05) is 12.1 Å². The van der Waals surface area contributed by atoms with Crippen LogP contribution in [0.2, 0.25) is 0 Å². The highest BCUT2D eigenvalue weighted by Gasteiger charge is 2.10. The van der Waals surface area contributed by atoms with Crippen LogP contribution in [0, 0.1) is 12.3 Å². The molecular formula is C14H16O3. The van der Waals surface area contributed by atoms with Gasteiger partial charge in [-0.3, -0.25) is 0 Å². The van der Waals surface area contributed by atoms with E-state index in [9.17, 15) is 4.79 Å². The Hall–Kier alpha value is -1.79. The zero-order valence-corrected chi connectivity index (χ0v) is 10.1. The molecule has 0 radical (unpaired) electrons. The third-order valence-corrected chi connectivity index (χ3v) is 2.21. The maximum atomic E-state index is 11.7.